The van der Waals surface area contributed by atoms with E-state index >= 15 is 0 Å². The minimum atomic E-state index is -0.156. The van der Waals surface area contributed by atoms with Crippen molar-refractivity contribution in [2.24, 2.45) is 11.8 Å². The van der Waals surface area contributed by atoms with Crippen molar-refractivity contribution in [3.63, 3.8) is 0 Å². The molecule has 0 aromatic heterocycles. The third-order valence-corrected chi connectivity index (χ3v) is 5.69. The smallest absolute Gasteiger partial charge is 0.233 e. The summed E-state index contributed by atoms with van der Waals surface area (Å²) in [7, 11) is 0. The molecule has 2 fully saturated rings. The minimum Gasteiger partial charge on any atom is -0.326 e. The Morgan fingerprint density at radius 3 is 2.35 bits per heavy atom. The third-order valence-electron chi connectivity index (χ3n) is 5.69. The molecule has 1 saturated carbocycles. The number of aryl methyl sites for hydroxylation is 1. The van der Waals surface area contributed by atoms with Gasteiger partial charge in [-0.2, -0.15) is 0 Å². The molecule has 26 heavy (non-hydrogen) atoms. The number of rotatable bonds is 5. The zero-order valence-electron chi connectivity index (χ0n) is 15.9. The van der Waals surface area contributed by atoms with Gasteiger partial charge in [0.2, 0.25) is 17.7 Å². The van der Waals surface area contributed by atoms with Crippen molar-refractivity contribution in [1.29, 1.82) is 0 Å². The van der Waals surface area contributed by atoms with Crippen LogP contribution in [-0.4, -0.2) is 29.2 Å². The number of nitrogens with zero attached hydrogens (tertiary/aromatic N) is 1. The van der Waals surface area contributed by atoms with Crippen LogP contribution in [0.5, 0.6) is 0 Å². The lowest BCUT2D eigenvalue weighted by molar-refractivity contribution is -0.140. The van der Waals surface area contributed by atoms with Crippen LogP contribution < -0.4 is 5.32 Å². The summed E-state index contributed by atoms with van der Waals surface area (Å²) in [6.45, 7) is 6.33. The van der Waals surface area contributed by atoms with Crippen molar-refractivity contribution >= 4 is 23.4 Å². The Morgan fingerprint density at radius 2 is 1.77 bits per heavy atom. The summed E-state index contributed by atoms with van der Waals surface area (Å²) in [4.78, 5) is 38.8. The van der Waals surface area contributed by atoms with Gasteiger partial charge in [-0.15, -0.1) is 0 Å². The Labute approximate surface area is 155 Å². The fourth-order valence-corrected chi connectivity index (χ4v) is 4.21. The first-order valence-corrected chi connectivity index (χ1v) is 9.64. The maximum atomic E-state index is 12.5. The van der Waals surface area contributed by atoms with E-state index in [-0.39, 0.29) is 42.5 Å². The van der Waals surface area contributed by atoms with Crippen LogP contribution in [0.25, 0.3) is 0 Å². The van der Waals surface area contributed by atoms with E-state index in [0.29, 0.717) is 5.92 Å². The second-order valence-corrected chi connectivity index (χ2v) is 7.82. The molecule has 1 aromatic rings. The summed E-state index contributed by atoms with van der Waals surface area (Å²) in [6, 6.07) is 5.98. The van der Waals surface area contributed by atoms with Gasteiger partial charge in [0, 0.05) is 18.7 Å². The molecule has 1 aliphatic heterocycles. The number of amides is 3. The molecule has 140 valence electrons. The Balaban J connectivity index is 1.63. The van der Waals surface area contributed by atoms with Crippen molar-refractivity contribution in [3.05, 3.63) is 29.3 Å². The molecule has 0 spiro atoms. The van der Waals surface area contributed by atoms with E-state index in [1.165, 1.54) is 4.90 Å². The molecule has 0 radical (unpaired) electrons. The predicted octanol–water partition coefficient (Wildman–Crippen LogP) is 3.62. The largest absolute Gasteiger partial charge is 0.326 e. The average Bonchev–Trinajstić information content (AvgIpc) is 2.86. The summed E-state index contributed by atoms with van der Waals surface area (Å²) < 4.78 is 0. The second kappa shape index (κ2) is 7.60. The van der Waals surface area contributed by atoms with Crippen molar-refractivity contribution in [3.8, 4) is 0 Å². The van der Waals surface area contributed by atoms with Gasteiger partial charge in [-0.1, -0.05) is 44.9 Å². The van der Waals surface area contributed by atoms with E-state index < -0.39 is 0 Å². The van der Waals surface area contributed by atoms with Crippen LogP contribution in [0, 0.1) is 18.8 Å². The Hall–Kier alpha value is -2.17. The molecule has 1 aromatic carbocycles. The van der Waals surface area contributed by atoms with E-state index in [0.717, 1.165) is 42.5 Å². The van der Waals surface area contributed by atoms with Crippen LogP contribution >= 0.6 is 0 Å². The zero-order valence-corrected chi connectivity index (χ0v) is 15.9. The van der Waals surface area contributed by atoms with Crippen LogP contribution in [0.15, 0.2) is 18.2 Å². The molecular formula is C21H28N2O3. The number of carbonyl (C=O) groups excluding carboxylic acids is 3. The molecule has 5 heteroatoms. The van der Waals surface area contributed by atoms with E-state index in [1.54, 1.807) is 0 Å². The van der Waals surface area contributed by atoms with Gasteiger partial charge in [-0.05, 0) is 36.8 Å². The van der Waals surface area contributed by atoms with Crippen molar-refractivity contribution in [2.45, 2.75) is 58.8 Å². The van der Waals surface area contributed by atoms with Crippen LogP contribution in [0.4, 0.5) is 5.69 Å². The number of para-hydroxylation sites is 1. The van der Waals surface area contributed by atoms with E-state index in [2.05, 4.69) is 19.2 Å². The lowest BCUT2D eigenvalue weighted by atomic mass is 9.81. The number of fused-ring (bicyclic) bond motifs is 1. The first-order valence-electron chi connectivity index (χ1n) is 9.64. The van der Waals surface area contributed by atoms with Gasteiger partial charge in [0.25, 0.3) is 0 Å². The number of hydrogen-bond acceptors (Lipinski definition) is 3. The highest BCUT2D eigenvalue weighted by Crippen LogP contribution is 2.38. The molecule has 2 atom stereocenters. The molecule has 1 N–H and O–H groups in total. The highest BCUT2D eigenvalue weighted by molar-refractivity contribution is 6.05. The van der Waals surface area contributed by atoms with Crippen LogP contribution in [-0.2, 0) is 14.4 Å². The molecule has 3 rings (SSSR count). The molecule has 2 aliphatic rings. The number of carbonyl (C=O) groups is 3. The molecule has 1 heterocycles. The predicted molar refractivity (Wildman–Crippen MR) is 101 cm³/mol. The first-order chi connectivity index (χ1) is 12.4. The lowest BCUT2D eigenvalue weighted by Gasteiger charge is -2.19. The van der Waals surface area contributed by atoms with Gasteiger partial charge in [0.1, 0.15) is 0 Å². The molecule has 3 amide bonds. The summed E-state index contributed by atoms with van der Waals surface area (Å²) in [6.07, 6.45) is 3.78. The van der Waals surface area contributed by atoms with Gasteiger partial charge in [-0.3, -0.25) is 19.3 Å². The number of imide groups is 1. The summed E-state index contributed by atoms with van der Waals surface area (Å²) in [5.74, 6) is -0.310. The average molecular weight is 356 g/mol. The molecular weight excluding hydrogens is 328 g/mol. The van der Waals surface area contributed by atoms with Crippen LogP contribution in [0.3, 0.4) is 0 Å². The molecule has 0 unspecified atom stereocenters. The van der Waals surface area contributed by atoms with Crippen molar-refractivity contribution in [1.82, 2.24) is 4.90 Å². The van der Waals surface area contributed by atoms with Gasteiger partial charge in [-0.25, -0.2) is 0 Å². The molecule has 1 aliphatic carbocycles. The summed E-state index contributed by atoms with van der Waals surface area (Å²) in [5, 5.41) is 2.99. The number of anilines is 1. The number of nitrogens with one attached hydrogen (secondary N) is 1. The standard InChI is InChI=1S/C21H28N2O3/c1-13(2)15-10-6-7-14(3)19(15)22-18(24)11-12-23-20(25)16-8-4-5-9-17(16)21(23)26/h6-7,10,13,16-17H,4-5,8-9,11-12H2,1-3H3,(H,22,24)/t16-,17-/m1/s1. The zero-order chi connectivity index (χ0) is 18.8. The van der Waals surface area contributed by atoms with Gasteiger partial charge < -0.3 is 5.32 Å². The first kappa shape index (κ1) is 18.6. The number of likely N-dealkylation sites (tertiary alicyclic amines) is 1. The highest BCUT2D eigenvalue weighted by atomic mass is 16.2. The van der Waals surface area contributed by atoms with Crippen molar-refractivity contribution in [2.75, 3.05) is 11.9 Å². The molecule has 5 nitrogen and oxygen atoms in total. The second-order valence-electron chi connectivity index (χ2n) is 7.82. The Bertz CT molecular complexity index is 702. The van der Waals surface area contributed by atoms with E-state index in [9.17, 15) is 14.4 Å². The summed E-state index contributed by atoms with van der Waals surface area (Å²) >= 11 is 0. The SMILES string of the molecule is Cc1cccc(C(C)C)c1NC(=O)CCN1C(=O)[C@@H]2CCCC[C@H]2C1=O. The minimum absolute atomic E-state index is 0.0775. The number of benzene rings is 1. The van der Waals surface area contributed by atoms with Crippen LogP contribution in [0.1, 0.15) is 63.0 Å². The monoisotopic (exact) mass is 356 g/mol. The Morgan fingerprint density at radius 1 is 1.15 bits per heavy atom. The molecule has 1 saturated heterocycles. The van der Waals surface area contributed by atoms with Crippen molar-refractivity contribution < 1.29 is 14.4 Å². The summed E-state index contributed by atoms with van der Waals surface area (Å²) in [5.41, 5.74) is 2.96. The van der Waals surface area contributed by atoms with Gasteiger partial charge in [0.15, 0.2) is 0 Å². The van der Waals surface area contributed by atoms with Crippen LogP contribution in [0.2, 0.25) is 0 Å². The third kappa shape index (κ3) is 3.53. The van der Waals surface area contributed by atoms with E-state index in [4.69, 9.17) is 0 Å². The molecule has 0 bridgehead atoms. The van der Waals surface area contributed by atoms with Gasteiger partial charge in [0.05, 0.1) is 11.8 Å². The Kier molecular flexibility index (Phi) is 5.44. The fourth-order valence-electron chi connectivity index (χ4n) is 4.21. The lowest BCUT2D eigenvalue weighted by Crippen LogP contribution is -2.34. The van der Waals surface area contributed by atoms with Gasteiger partial charge >= 0.3 is 0 Å². The van der Waals surface area contributed by atoms with E-state index in [1.807, 2.05) is 25.1 Å². The number of hydrogen-bond donors (Lipinski definition) is 1. The normalized spacial score (nSPS) is 22.7. The highest BCUT2D eigenvalue weighted by Gasteiger charge is 2.47. The maximum Gasteiger partial charge on any atom is 0.233 e. The maximum absolute atomic E-state index is 12.5. The quantitative estimate of drug-likeness (QED) is 0.820. The fraction of sp³-hybridized carbons (Fsp3) is 0.571. The topological polar surface area (TPSA) is 66.5 Å².